The van der Waals surface area contributed by atoms with Crippen molar-refractivity contribution in [3.8, 4) is 5.75 Å². The Bertz CT molecular complexity index is 1940. The number of hydrogen-bond donors (Lipinski definition) is 1. The number of nitrogens with zero attached hydrogens (tertiary/aromatic N) is 1. The van der Waals surface area contributed by atoms with E-state index in [4.69, 9.17) is 23.7 Å². The molecular formula is C35H34N2O10S3. The smallest absolute Gasteiger partial charge is 0.345 e. The van der Waals surface area contributed by atoms with Gasteiger partial charge >= 0.3 is 23.9 Å². The van der Waals surface area contributed by atoms with Gasteiger partial charge in [0.25, 0.3) is 5.91 Å². The Labute approximate surface area is 301 Å². The van der Waals surface area contributed by atoms with E-state index in [1.807, 2.05) is 52.0 Å². The molecule has 1 N–H and O–H groups in total. The Balaban J connectivity index is 1.75. The van der Waals surface area contributed by atoms with Crippen LogP contribution in [0.25, 0.3) is 5.57 Å². The van der Waals surface area contributed by atoms with Gasteiger partial charge in [-0.1, -0.05) is 65.1 Å². The third-order valence-corrected chi connectivity index (χ3v) is 13.4. The van der Waals surface area contributed by atoms with Gasteiger partial charge in [-0.3, -0.25) is 4.79 Å². The van der Waals surface area contributed by atoms with Crippen LogP contribution in [-0.4, -0.2) is 74.4 Å². The molecule has 1 atom stereocenters. The maximum atomic E-state index is 14.1. The monoisotopic (exact) mass is 738 g/mol. The summed E-state index contributed by atoms with van der Waals surface area (Å²) in [6.45, 7) is 7.97. The normalized spacial score (nSPS) is 19.8. The number of rotatable bonds is 7. The zero-order valence-corrected chi connectivity index (χ0v) is 31.0. The molecular weight excluding hydrogens is 705 g/mol. The van der Waals surface area contributed by atoms with Gasteiger partial charge in [0.15, 0.2) is 0 Å². The number of hydrogen-bond acceptors (Lipinski definition) is 14. The Morgan fingerprint density at radius 2 is 1.36 bits per heavy atom. The number of esters is 4. The average molecular weight is 739 g/mol. The average Bonchev–Trinajstić information content (AvgIpc) is 3.49. The molecule has 0 aromatic heterocycles. The van der Waals surface area contributed by atoms with Gasteiger partial charge in [0, 0.05) is 16.0 Å². The number of thioether (sulfide) groups is 3. The number of nitrogens with one attached hydrogen (secondary N) is 1. The Hall–Kier alpha value is -4.34. The lowest BCUT2D eigenvalue weighted by Crippen LogP contribution is -2.59. The van der Waals surface area contributed by atoms with Crippen LogP contribution in [0.4, 0.5) is 5.69 Å². The van der Waals surface area contributed by atoms with Gasteiger partial charge in [0.2, 0.25) is 0 Å². The van der Waals surface area contributed by atoms with E-state index in [1.54, 1.807) is 12.1 Å². The van der Waals surface area contributed by atoms with Crippen LogP contribution in [0.3, 0.4) is 0 Å². The highest BCUT2D eigenvalue weighted by Gasteiger charge is 2.62. The summed E-state index contributed by atoms with van der Waals surface area (Å²) < 4.78 is 25.0. The highest BCUT2D eigenvalue weighted by molar-refractivity contribution is 8.26. The fraction of sp³-hybridized carbons (Fsp3) is 0.343. The van der Waals surface area contributed by atoms with E-state index in [2.05, 4.69) is 10.2 Å². The lowest BCUT2D eigenvalue weighted by molar-refractivity contribution is -0.138. The highest BCUT2D eigenvalue weighted by atomic mass is 32.2. The fourth-order valence-electron chi connectivity index (χ4n) is 6.55. The lowest BCUT2D eigenvalue weighted by Gasteiger charge is -2.56. The number of aryl methyl sites for hydroxylation is 1. The zero-order valence-electron chi connectivity index (χ0n) is 28.5. The van der Waals surface area contributed by atoms with Gasteiger partial charge in [-0.05, 0) is 45.4 Å². The summed E-state index contributed by atoms with van der Waals surface area (Å²) >= 11 is 2.79. The van der Waals surface area contributed by atoms with Gasteiger partial charge in [-0.25, -0.2) is 19.2 Å². The Kier molecular flexibility index (Phi) is 9.29. The van der Waals surface area contributed by atoms with Crippen LogP contribution < -0.4 is 15.0 Å². The molecule has 4 aliphatic rings. The van der Waals surface area contributed by atoms with Crippen LogP contribution in [0.5, 0.6) is 5.75 Å². The summed E-state index contributed by atoms with van der Waals surface area (Å²) in [5.74, 6) is -3.36. The molecule has 2 aromatic rings. The van der Waals surface area contributed by atoms with E-state index in [-0.39, 0.29) is 32.8 Å². The van der Waals surface area contributed by atoms with E-state index in [0.29, 0.717) is 33.0 Å². The largest absolute Gasteiger partial charge is 0.494 e. The van der Waals surface area contributed by atoms with Crippen LogP contribution >= 0.6 is 35.3 Å². The molecule has 1 amide bonds. The van der Waals surface area contributed by atoms with Crippen LogP contribution in [0.1, 0.15) is 54.0 Å². The van der Waals surface area contributed by atoms with Gasteiger partial charge in [-0.15, -0.1) is 0 Å². The van der Waals surface area contributed by atoms with Gasteiger partial charge in [-0.2, -0.15) is 0 Å². The van der Waals surface area contributed by atoms with Gasteiger partial charge in [0.05, 0.1) is 57.4 Å². The zero-order chi connectivity index (χ0) is 36.3. The second kappa shape index (κ2) is 13.1. The first-order valence-corrected chi connectivity index (χ1v) is 17.9. The first-order valence-electron chi connectivity index (χ1n) is 15.4. The quantitative estimate of drug-likeness (QED) is 0.292. The number of benzene rings is 2. The molecule has 4 heterocycles. The van der Waals surface area contributed by atoms with Crippen LogP contribution in [0.15, 0.2) is 61.6 Å². The summed E-state index contributed by atoms with van der Waals surface area (Å²) in [5, 5.41) is 3.17. The van der Waals surface area contributed by atoms with Crippen molar-refractivity contribution in [2.24, 2.45) is 0 Å². The summed E-state index contributed by atoms with van der Waals surface area (Å²) in [4.78, 5) is 70.8. The predicted molar refractivity (Wildman–Crippen MR) is 190 cm³/mol. The van der Waals surface area contributed by atoms with E-state index in [1.165, 1.54) is 28.4 Å². The molecule has 1 unspecified atom stereocenters. The Morgan fingerprint density at radius 3 is 1.90 bits per heavy atom. The molecule has 0 radical (unpaired) electrons. The van der Waals surface area contributed by atoms with Crippen molar-refractivity contribution in [3.05, 3.63) is 83.8 Å². The number of carbonyl (C=O) groups excluding carboxylic acids is 5. The molecule has 2 aromatic carbocycles. The molecule has 15 heteroatoms. The number of amides is 1. The van der Waals surface area contributed by atoms with Crippen molar-refractivity contribution in [2.45, 2.75) is 43.5 Å². The fourth-order valence-corrected chi connectivity index (χ4v) is 11.6. The van der Waals surface area contributed by atoms with Crippen molar-refractivity contribution in [1.29, 1.82) is 0 Å². The number of fused-ring (bicyclic) bond motifs is 2. The number of carbonyl (C=O) groups is 5. The summed E-state index contributed by atoms with van der Waals surface area (Å²) in [5.41, 5.74) is 2.53. The second-order valence-corrected chi connectivity index (χ2v) is 15.7. The van der Waals surface area contributed by atoms with E-state index < -0.39 is 39.7 Å². The molecule has 12 nitrogen and oxygen atoms in total. The maximum Gasteiger partial charge on any atom is 0.345 e. The molecule has 4 aliphatic heterocycles. The molecule has 0 fully saturated rings. The third-order valence-electron chi connectivity index (χ3n) is 8.74. The molecule has 6 rings (SSSR count). The van der Waals surface area contributed by atoms with Gasteiger partial charge < -0.3 is 33.9 Å². The Morgan fingerprint density at radius 1 is 0.820 bits per heavy atom. The van der Waals surface area contributed by atoms with Crippen LogP contribution in [0.2, 0.25) is 0 Å². The maximum absolute atomic E-state index is 14.1. The standard InChI is InChI=1S/C35H34N2O10S3/c1-9-47-18-14-19-21-27(34(3,4)37-23(19)20(15-18)29(38)36-28(37)17-12-10-16(2)11-13-17)48-24(31(40)44-6)22(30(39)43-5)35(21)49-25(32(41)45-7)26(50-35)33(42)46-8/h10-15,28H,9H2,1-8H3,(H,36,38). The number of methoxy groups -OCH3 is 4. The summed E-state index contributed by atoms with van der Waals surface area (Å²) in [7, 11) is 4.72. The van der Waals surface area contributed by atoms with Crippen LogP contribution in [0, 0.1) is 6.92 Å². The first kappa shape index (κ1) is 35.5. The van der Waals surface area contributed by atoms with Gasteiger partial charge in [0.1, 0.15) is 30.7 Å². The predicted octanol–water partition coefficient (Wildman–Crippen LogP) is 5.23. The second-order valence-electron chi connectivity index (χ2n) is 12.0. The molecule has 0 saturated carbocycles. The minimum Gasteiger partial charge on any atom is -0.494 e. The van der Waals surface area contributed by atoms with Crippen molar-refractivity contribution in [3.63, 3.8) is 0 Å². The lowest BCUT2D eigenvalue weighted by atomic mass is 9.80. The van der Waals surface area contributed by atoms with E-state index >= 15 is 0 Å². The van der Waals surface area contributed by atoms with E-state index in [9.17, 15) is 24.0 Å². The number of anilines is 1. The molecule has 262 valence electrons. The third kappa shape index (κ3) is 5.28. The molecule has 0 bridgehead atoms. The first-order chi connectivity index (χ1) is 23.8. The molecule has 50 heavy (non-hydrogen) atoms. The minimum atomic E-state index is -1.71. The summed E-state index contributed by atoms with van der Waals surface area (Å²) in [6, 6.07) is 11.3. The highest BCUT2D eigenvalue weighted by Crippen LogP contribution is 2.72. The molecule has 1 spiro atoms. The van der Waals surface area contributed by atoms with Crippen LogP contribution in [-0.2, 0) is 38.1 Å². The molecule has 0 saturated heterocycles. The van der Waals surface area contributed by atoms with Crippen molar-refractivity contribution in [1.82, 2.24) is 5.32 Å². The van der Waals surface area contributed by atoms with Crippen molar-refractivity contribution in [2.75, 3.05) is 39.9 Å². The SMILES string of the molecule is CCOc1cc2c3c(c1)C1=C(SC(C(=O)OC)=C(C(=O)OC)C14SC(C(=O)OC)=C(C(=O)OC)S4)C(C)(C)N3C(c1ccc(C)cc1)NC2=O. The van der Waals surface area contributed by atoms with Crippen molar-refractivity contribution < 1.29 is 47.7 Å². The topological polar surface area (TPSA) is 147 Å². The summed E-state index contributed by atoms with van der Waals surface area (Å²) in [6.07, 6.45) is -0.654. The van der Waals surface area contributed by atoms with E-state index in [0.717, 1.165) is 46.4 Å². The molecule has 0 aliphatic carbocycles. The minimum absolute atomic E-state index is 0.0842. The van der Waals surface area contributed by atoms with Crippen molar-refractivity contribution >= 4 is 76.3 Å². The number of ether oxygens (including phenoxy) is 5.